The highest BCUT2D eigenvalue weighted by atomic mass is 15.4. The Morgan fingerprint density at radius 2 is 2.33 bits per heavy atom. The van der Waals surface area contributed by atoms with Crippen LogP contribution in [0.1, 0.15) is 32.4 Å². The van der Waals surface area contributed by atoms with E-state index in [2.05, 4.69) is 40.3 Å². The second-order valence-electron chi connectivity index (χ2n) is 6.38. The number of nitrogens with zero attached hydrogens (tertiary/aromatic N) is 4. The Kier molecular flexibility index (Phi) is 6.21. The average molecular weight is 289 g/mol. The highest BCUT2D eigenvalue weighted by Crippen LogP contribution is 2.29. The standard InChI is InChI=1S/C16H27N5/c1-4-7-20(12-15-5-6-15)8-9-21-13-16(18-19-21)11-17-10-14(2)3/h1,13-15,17H,5-12H2,2-3H3. The van der Waals surface area contributed by atoms with Gasteiger partial charge in [0.25, 0.3) is 0 Å². The zero-order valence-electron chi connectivity index (χ0n) is 13.3. The Labute approximate surface area is 128 Å². The first-order valence-electron chi connectivity index (χ1n) is 7.93. The normalized spacial score (nSPS) is 14.8. The molecule has 1 fully saturated rings. The van der Waals surface area contributed by atoms with Crippen LogP contribution in [0.4, 0.5) is 0 Å². The van der Waals surface area contributed by atoms with E-state index in [1.54, 1.807) is 0 Å². The van der Waals surface area contributed by atoms with Crippen LogP contribution < -0.4 is 5.32 Å². The molecule has 0 unspecified atom stereocenters. The van der Waals surface area contributed by atoms with Crippen LogP contribution in [0.25, 0.3) is 0 Å². The molecule has 0 atom stereocenters. The summed E-state index contributed by atoms with van der Waals surface area (Å²) in [6, 6.07) is 0. The molecule has 2 rings (SSSR count). The highest BCUT2D eigenvalue weighted by Gasteiger charge is 2.23. The van der Waals surface area contributed by atoms with E-state index in [0.29, 0.717) is 5.92 Å². The third-order valence-corrected chi connectivity index (χ3v) is 3.62. The number of rotatable bonds is 10. The molecular weight excluding hydrogens is 262 g/mol. The first-order chi connectivity index (χ1) is 10.2. The molecule has 1 heterocycles. The molecule has 0 saturated heterocycles. The Morgan fingerprint density at radius 1 is 1.52 bits per heavy atom. The van der Waals surface area contributed by atoms with Crippen molar-refractivity contribution in [2.75, 3.05) is 26.2 Å². The van der Waals surface area contributed by atoms with Gasteiger partial charge in [-0.15, -0.1) is 11.5 Å². The van der Waals surface area contributed by atoms with Crippen molar-refractivity contribution in [3.8, 4) is 12.3 Å². The summed E-state index contributed by atoms with van der Waals surface area (Å²) in [5.74, 6) is 4.27. The molecule has 0 amide bonds. The van der Waals surface area contributed by atoms with E-state index in [9.17, 15) is 0 Å². The Balaban J connectivity index is 1.71. The highest BCUT2D eigenvalue weighted by molar-refractivity contribution is 4.92. The van der Waals surface area contributed by atoms with E-state index in [1.165, 1.54) is 12.8 Å². The summed E-state index contributed by atoms with van der Waals surface area (Å²) in [5.41, 5.74) is 1.00. The fraction of sp³-hybridized carbons (Fsp3) is 0.750. The van der Waals surface area contributed by atoms with Crippen LogP contribution >= 0.6 is 0 Å². The predicted molar refractivity (Wildman–Crippen MR) is 84.6 cm³/mol. The Hall–Kier alpha value is -1.38. The maximum Gasteiger partial charge on any atom is 0.0964 e. The van der Waals surface area contributed by atoms with Crippen LogP contribution in [0.3, 0.4) is 0 Å². The van der Waals surface area contributed by atoms with E-state index in [1.807, 2.05) is 10.9 Å². The van der Waals surface area contributed by atoms with Crippen LogP contribution in [-0.4, -0.2) is 46.1 Å². The zero-order chi connectivity index (χ0) is 15.1. The van der Waals surface area contributed by atoms with E-state index in [-0.39, 0.29) is 0 Å². The lowest BCUT2D eigenvalue weighted by Gasteiger charge is -2.18. The van der Waals surface area contributed by atoms with Crippen molar-refractivity contribution in [2.45, 2.75) is 39.8 Å². The molecule has 0 bridgehead atoms. The van der Waals surface area contributed by atoms with Gasteiger partial charge in [0.15, 0.2) is 0 Å². The van der Waals surface area contributed by atoms with E-state index in [4.69, 9.17) is 6.42 Å². The molecule has 1 aromatic heterocycles. The number of hydrogen-bond acceptors (Lipinski definition) is 4. The van der Waals surface area contributed by atoms with Gasteiger partial charge in [-0.2, -0.15) is 0 Å². The summed E-state index contributed by atoms with van der Waals surface area (Å²) < 4.78 is 1.92. The summed E-state index contributed by atoms with van der Waals surface area (Å²) in [6.07, 6.45) is 10.2. The lowest BCUT2D eigenvalue weighted by molar-refractivity contribution is 0.276. The van der Waals surface area contributed by atoms with Gasteiger partial charge in [0.2, 0.25) is 0 Å². The van der Waals surface area contributed by atoms with Gasteiger partial charge in [0.1, 0.15) is 0 Å². The predicted octanol–water partition coefficient (Wildman–Crippen LogP) is 1.37. The van der Waals surface area contributed by atoms with E-state index >= 15 is 0 Å². The third kappa shape index (κ3) is 6.28. The van der Waals surface area contributed by atoms with Gasteiger partial charge >= 0.3 is 0 Å². The SMILES string of the molecule is C#CCN(CCn1cc(CNCC(C)C)nn1)CC1CC1. The monoisotopic (exact) mass is 289 g/mol. The number of terminal acetylenes is 1. The fourth-order valence-corrected chi connectivity index (χ4v) is 2.29. The van der Waals surface area contributed by atoms with Crippen molar-refractivity contribution in [2.24, 2.45) is 11.8 Å². The van der Waals surface area contributed by atoms with Gasteiger partial charge in [0, 0.05) is 25.8 Å². The maximum absolute atomic E-state index is 5.44. The summed E-state index contributed by atoms with van der Waals surface area (Å²) in [6.45, 7) is 9.84. The Morgan fingerprint density at radius 3 is 3.00 bits per heavy atom. The van der Waals surface area contributed by atoms with Crippen LogP contribution in [0.2, 0.25) is 0 Å². The first-order valence-corrected chi connectivity index (χ1v) is 7.93. The van der Waals surface area contributed by atoms with Crippen LogP contribution in [0, 0.1) is 24.2 Å². The minimum absolute atomic E-state index is 0.653. The van der Waals surface area contributed by atoms with Crippen LogP contribution in [0.15, 0.2) is 6.20 Å². The first kappa shape index (κ1) is 16.0. The molecule has 116 valence electrons. The number of nitrogens with one attached hydrogen (secondary N) is 1. The van der Waals surface area contributed by atoms with Gasteiger partial charge in [0.05, 0.1) is 18.8 Å². The molecule has 5 heteroatoms. The lowest BCUT2D eigenvalue weighted by atomic mass is 10.2. The largest absolute Gasteiger partial charge is 0.311 e. The van der Waals surface area contributed by atoms with Gasteiger partial charge in [-0.3, -0.25) is 9.58 Å². The molecule has 0 radical (unpaired) electrons. The fourth-order valence-electron chi connectivity index (χ4n) is 2.29. The topological polar surface area (TPSA) is 46.0 Å². The summed E-state index contributed by atoms with van der Waals surface area (Å²) >= 11 is 0. The number of hydrogen-bond donors (Lipinski definition) is 1. The van der Waals surface area contributed by atoms with Crippen molar-refractivity contribution < 1.29 is 0 Å². The summed E-state index contributed by atoms with van der Waals surface area (Å²) in [5, 5.41) is 11.8. The second kappa shape index (κ2) is 8.16. The molecule has 0 aromatic carbocycles. The molecule has 0 spiro atoms. The quantitative estimate of drug-likeness (QED) is 0.661. The molecule has 1 aliphatic rings. The van der Waals surface area contributed by atoms with Crippen LogP contribution in [0.5, 0.6) is 0 Å². The van der Waals surface area contributed by atoms with Crippen molar-refractivity contribution in [3.63, 3.8) is 0 Å². The van der Waals surface area contributed by atoms with Crippen molar-refractivity contribution in [1.82, 2.24) is 25.2 Å². The van der Waals surface area contributed by atoms with Crippen molar-refractivity contribution >= 4 is 0 Å². The average Bonchev–Trinajstić information content (AvgIpc) is 3.14. The molecule has 5 nitrogen and oxygen atoms in total. The molecule has 1 N–H and O–H groups in total. The van der Waals surface area contributed by atoms with Crippen LogP contribution in [-0.2, 0) is 13.1 Å². The van der Waals surface area contributed by atoms with Gasteiger partial charge in [-0.25, -0.2) is 0 Å². The number of aromatic nitrogens is 3. The second-order valence-corrected chi connectivity index (χ2v) is 6.38. The maximum atomic E-state index is 5.44. The zero-order valence-corrected chi connectivity index (χ0v) is 13.3. The molecule has 21 heavy (non-hydrogen) atoms. The minimum Gasteiger partial charge on any atom is -0.311 e. The van der Waals surface area contributed by atoms with Gasteiger partial charge < -0.3 is 5.32 Å². The summed E-state index contributed by atoms with van der Waals surface area (Å²) in [4.78, 5) is 2.34. The van der Waals surface area contributed by atoms with Gasteiger partial charge in [-0.1, -0.05) is 25.0 Å². The van der Waals surface area contributed by atoms with E-state index in [0.717, 1.165) is 50.9 Å². The smallest absolute Gasteiger partial charge is 0.0964 e. The minimum atomic E-state index is 0.653. The van der Waals surface area contributed by atoms with E-state index < -0.39 is 0 Å². The molecule has 1 aromatic rings. The van der Waals surface area contributed by atoms with Crippen molar-refractivity contribution in [3.05, 3.63) is 11.9 Å². The van der Waals surface area contributed by atoms with Gasteiger partial charge in [-0.05, 0) is 31.2 Å². The lowest BCUT2D eigenvalue weighted by Crippen LogP contribution is -2.30. The summed E-state index contributed by atoms with van der Waals surface area (Å²) in [7, 11) is 0. The molecule has 1 aliphatic carbocycles. The molecular formula is C16H27N5. The molecule has 1 saturated carbocycles. The van der Waals surface area contributed by atoms with Crippen molar-refractivity contribution in [1.29, 1.82) is 0 Å². The Bertz CT molecular complexity index is 455. The third-order valence-electron chi connectivity index (χ3n) is 3.62. The molecule has 0 aliphatic heterocycles.